The molecule has 9 heteroatoms. The predicted molar refractivity (Wildman–Crippen MR) is 100 cm³/mol. The van der Waals surface area contributed by atoms with Gasteiger partial charge in [0.25, 0.3) is 11.8 Å². The lowest BCUT2D eigenvalue weighted by Gasteiger charge is -2.32. The molecule has 1 saturated heterocycles. The number of benzene rings is 1. The molecule has 2 aromatic rings. The van der Waals surface area contributed by atoms with Crippen LogP contribution in [0.25, 0.3) is 0 Å². The Morgan fingerprint density at radius 2 is 1.83 bits per heavy atom. The lowest BCUT2D eigenvalue weighted by atomic mass is 10.1. The molecule has 0 aliphatic carbocycles. The minimum atomic E-state index is -3.82. The van der Waals surface area contributed by atoms with Crippen LogP contribution >= 0.6 is 0 Å². The SMILES string of the molecule is Cc1cc(NC(=O)c2ccc(C(F)(F)C(=O)N3CCC(O)CC3)n2C)ccc1F. The van der Waals surface area contributed by atoms with E-state index in [4.69, 9.17) is 0 Å². The summed E-state index contributed by atoms with van der Waals surface area (Å²) in [5, 5.41) is 12.0. The number of anilines is 1. The molecule has 1 aromatic carbocycles. The number of aryl methyl sites for hydroxylation is 1. The Balaban J connectivity index is 1.79. The second kappa shape index (κ2) is 7.90. The van der Waals surface area contributed by atoms with Crippen LogP contribution in [0.4, 0.5) is 18.9 Å². The quantitative estimate of drug-likeness (QED) is 0.816. The van der Waals surface area contributed by atoms with Gasteiger partial charge in [-0.15, -0.1) is 0 Å². The number of hydrogen-bond donors (Lipinski definition) is 2. The van der Waals surface area contributed by atoms with Gasteiger partial charge in [-0.2, -0.15) is 8.78 Å². The molecule has 29 heavy (non-hydrogen) atoms. The number of aliphatic hydroxyl groups is 1. The van der Waals surface area contributed by atoms with E-state index in [2.05, 4.69) is 5.32 Å². The molecular weight excluding hydrogens is 387 g/mol. The summed E-state index contributed by atoms with van der Waals surface area (Å²) in [6.45, 7) is 1.64. The van der Waals surface area contributed by atoms with Crippen LogP contribution in [0.5, 0.6) is 0 Å². The van der Waals surface area contributed by atoms with Gasteiger partial charge in [0.05, 0.1) is 11.8 Å². The summed E-state index contributed by atoms with van der Waals surface area (Å²) in [5.74, 6) is -6.25. The number of likely N-dealkylation sites (tertiary alicyclic amines) is 1. The van der Waals surface area contributed by atoms with E-state index in [0.29, 0.717) is 11.3 Å². The van der Waals surface area contributed by atoms with Gasteiger partial charge in [0, 0.05) is 25.8 Å². The van der Waals surface area contributed by atoms with E-state index in [1.165, 1.54) is 38.2 Å². The standard InChI is InChI=1S/C20H22F3N3O3/c1-12-11-13(3-4-15(12)21)24-18(28)16-5-6-17(25(16)2)20(22,23)19(29)26-9-7-14(27)8-10-26/h3-6,11,14,27H,7-10H2,1-2H3,(H,24,28). The average Bonchev–Trinajstić information content (AvgIpc) is 3.07. The molecule has 0 radical (unpaired) electrons. The molecule has 1 fully saturated rings. The average molecular weight is 409 g/mol. The van der Waals surface area contributed by atoms with Crippen LogP contribution in [0.3, 0.4) is 0 Å². The summed E-state index contributed by atoms with van der Waals surface area (Å²) in [6.07, 6.45) is -0.0903. The number of nitrogens with zero attached hydrogens (tertiary/aromatic N) is 2. The molecule has 0 bridgehead atoms. The first-order valence-electron chi connectivity index (χ1n) is 9.20. The Morgan fingerprint density at radius 3 is 2.45 bits per heavy atom. The van der Waals surface area contributed by atoms with E-state index in [-0.39, 0.29) is 31.6 Å². The smallest absolute Gasteiger partial charge is 0.364 e. The van der Waals surface area contributed by atoms with E-state index < -0.39 is 35.4 Å². The van der Waals surface area contributed by atoms with Crippen molar-refractivity contribution in [3.63, 3.8) is 0 Å². The second-order valence-electron chi connectivity index (χ2n) is 7.18. The Hall–Kier alpha value is -2.81. The summed E-state index contributed by atoms with van der Waals surface area (Å²) < 4.78 is 44.0. The van der Waals surface area contributed by atoms with Crippen molar-refractivity contribution in [3.05, 3.63) is 53.1 Å². The van der Waals surface area contributed by atoms with E-state index in [9.17, 15) is 27.9 Å². The van der Waals surface area contributed by atoms with Gasteiger partial charge >= 0.3 is 5.92 Å². The molecule has 1 aliphatic heterocycles. The highest BCUT2D eigenvalue weighted by atomic mass is 19.3. The first-order valence-corrected chi connectivity index (χ1v) is 9.20. The normalized spacial score (nSPS) is 15.4. The Bertz CT molecular complexity index is 934. The van der Waals surface area contributed by atoms with Crippen LogP contribution in [0.1, 0.15) is 34.6 Å². The van der Waals surface area contributed by atoms with Crippen LogP contribution in [0.15, 0.2) is 30.3 Å². The number of alkyl halides is 2. The Labute approximate surface area is 165 Å². The van der Waals surface area contributed by atoms with Gasteiger partial charge in [0.1, 0.15) is 11.5 Å². The molecule has 2 heterocycles. The summed E-state index contributed by atoms with van der Waals surface area (Å²) in [5.41, 5.74) is -0.0110. The summed E-state index contributed by atoms with van der Waals surface area (Å²) >= 11 is 0. The van der Waals surface area contributed by atoms with Gasteiger partial charge in [-0.3, -0.25) is 9.59 Å². The largest absolute Gasteiger partial charge is 0.393 e. The van der Waals surface area contributed by atoms with Crippen molar-refractivity contribution in [1.82, 2.24) is 9.47 Å². The third-order valence-electron chi connectivity index (χ3n) is 5.11. The van der Waals surface area contributed by atoms with Gasteiger partial charge in [-0.05, 0) is 55.7 Å². The van der Waals surface area contributed by atoms with Gasteiger partial charge < -0.3 is 19.9 Å². The molecule has 1 aromatic heterocycles. The maximum atomic E-state index is 14.8. The molecule has 3 rings (SSSR count). The van der Waals surface area contributed by atoms with Crippen molar-refractivity contribution in [3.8, 4) is 0 Å². The van der Waals surface area contributed by atoms with E-state index in [1.807, 2.05) is 0 Å². The van der Waals surface area contributed by atoms with Crippen molar-refractivity contribution in [2.75, 3.05) is 18.4 Å². The van der Waals surface area contributed by atoms with Crippen LogP contribution in [0, 0.1) is 12.7 Å². The highest BCUT2D eigenvalue weighted by Gasteiger charge is 2.47. The zero-order chi connectivity index (χ0) is 21.3. The van der Waals surface area contributed by atoms with Crippen molar-refractivity contribution in [2.24, 2.45) is 7.05 Å². The van der Waals surface area contributed by atoms with Crippen LogP contribution < -0.4 is 5.32 Å². The minimum Gasteiger partial charge on any atom is -0.393 e. The molecule has 0 saturated carbocycles. The second-order valence-corrected chi connectivity index (χ2v) is 7.18. The molecule has 2 N–H and O–H groups in total. The maximum Gasteiger partial charge on any atom is 0.364 e. The predicted octanol–water partition coefficient (Wildman–Crippen LogP) is 2.80. The lowest BCUT2D eigenvalue weighted by Crippen LogP contribution is -2.47. The zero-order valence-corrected chi connectivity index (χ0v) is 16.1. The zero-order valence-electron chi connectivity index (χ0n) is 16.1. The van der Waals surface area contributed by atoms with Crippen molar-refractivity contribution in [2.45, 2.75) is 31.8 Å². The fourth-order valence-electron chi connectivity index (χ4n) is 3.35. The monoisotopic (exact) mass is 409 g/mol. The first-order chi connectivity index (χ1) is 13.6. The van der Waals surface area contributed by atoms with Crippen molar-refractivity contribution < 1.29 is 27.9 Å². The number of aromatic nitrogens is 1. The van der Waals surface area contributed by atoms with Crippen LogP contribution in [-0.2, 0) is 17.8 Å². The number of halogens is 3. The van der Waals surface area contributed by atoms with E-state index in [1.54, 1.807) is 0 Å². The van der Waals surface area contributed by atoms with E-state index >= 15 is 0 Å². The number of nitrogens with one attached hydrogen (secondary N) is 1. The van der Waals surface area contributed by atoms with E-state index in [0.717, 1.165) is 15.5 Å². The fourth-order valence-corrected chi connectivity index (χ4v) is 3.35. The van der Waals surface area contributed by atoms with Crippen LogP contribution in [-0.4, -0.2) is 45.6 Å². The lowest BCUT2D eigenvalue weighted by molar-refractivity contribution is -0.162. The molecule has 1 aliphatic rings. The molecular formula is C20H22F3N3O3. The number of carbonyl (C=O) groups is 2. The third-order valence-corrected chi connectivity index (χ3v) is 5.11. The highest BCUT2D eigenvalue weighted by Crippen LogP contribution is 2.32. The number of rotatable bonds is 4. The first kappa shape index (κ1) is 20.9. The van der Waals surface area contributed by atoms with Gasteiger partial charge in [0.2, 0.25) is 0 Å². The van der Waals surface area contributed by atoms with Gasteiger partial charge in [-0.25, -0.2) is 4.39 Å². The number of amides is 2. The molecule has 0 atom stereocenters. The van der Waals surface area contributed by atoms with Crippen molar-refractivity contribution in [1.29, 1.82) is 0 Å². The van der Waals surface area contributed by atoms with Gasteiger partial charge in [0.15, 0.2) is 0 Å². The number of carbonyl (C=O) groups excluding carboxylic acids is 2. The molecule has 0 spiro atoms. The van der Waals surface area contributed by atoms with Crippen LogP contribution in [0.2, 0.25) is 0 Å². The molecule has 6 nitrogen and oxygen atoms in total. The number of hydrogen-bond acceptors (Lipinski definition) is 3. The fraction of sp³-hybridized carbons (Fsp3) is 0.400. The number of piperidine rings is 1. The summed E-state index contributed by atoms with van der Waals surface area (Å²) in [7, 11) is 1.28. The summed E-state index contributed by atoms with van der Waals surface area (Å²) in [6, 6.07) is 6.25. The van der Waals surface area contributed by atoms with Crippen molar-refractivity contribution >= 4 is 17.5 Å². The Kier molecular flexibility index (Phi) is 5.70. The molecule has 0 unspecified atom stereocenters. The molecule has 156 valence electrons. The highest BCUT2D eigenvalue weighted by molar-refractivity contribution is 6.03. The Morgan fingerprint density at radius 1 is 1.17 bits per heavy atom. The topological polar surface area (TPSA) is 74.6 Å². The minimum absolute atomic E-state index is 0.0529. The maximum absolute atomic E-state index is 14.8. The number of aliphatic hydroxyl groups excluding tert-OH is 1. The molecule has 2 amide bonds. The summed E-state index contributed by atoms with van der Waals surface area (Å²) in [4.78, 5) is 25.9. The third kappa shape index (κ3) is 4.14. The van der Waals surface area contributed by atoms with Gasteiger partial charge in [-0.1, -0.05) is 0 Å².